The van der Waals surface area contributed by atoms with E-state index < -0.39 is 0 Å². The van der Waals surface area contributed by atoms with Crippen molar-refractivity contribution < 1.29 is 9.53 Å². The summed E-state index contributed by atoms with van der Waals surface area (Å²) in [5.41, 5.74) is 1.74. The molecule has 0 radical (unpaired) electrons. The summed E-state index contributed by atoms with van der Waals surface area (Å²) in [6, 6.07) is 5.07. The predicted octanol–water partition coefficient (Wildman–Crippen LogP) is 4.28. The van der Waals surface area contributed by atoms with Crippen LogP contribution in [-0.2, 0) is 0 Å². The molecule has 0 aliphatic rings. The van der Waals surface area contributed by atoms with E-state index in [1.54, 1.807) is 24.3 Å². The molecule has 0 aliphatic carbocycles. The number of ketones is 1. The van der Waals surface area contributed by atoms with E-state index in [1.165, 1.54) is 7.11 Å². The Balaban J connectivity index is 3.01. The van der Waals surface area contributed by atoms with Gasteiger partial charge in [0.15, 0.2) is 5.78 Å². The monoisotopic (exact) mass is 252 g/mol. The number of methoxy groups -OCH3 is 1. The molecule has 0 amide bonds. The molecule has 0 aliphatic heterocycles. The van der Waals surface area contributed by atoms with Crippen LogP contribution in [0.3, 0.4) is 0 Å². The zero-order valence-electron chi connectivity index (χ0n) is 10.4. The van der Waals surface area contributed by atoms with Crippen molar-refractivity contribution in [2.45, 2.75) is 26.7 Å². The van der Waals surface area contributed by atoms with E-state index in [9.17, 15) is 4.79 Å². The van der Waals surface area contributed by atoms with Gasteiger partial charge in [-0.2, -0.15) is 0 Å². The lowest BCUT2D eigenvalue weighted by molar-refractivity contribution is 0.104. The van der Waals surface area contributed by atoms with E-state index in [4.69, 9.17) is 16.3 Å². The molecule has 92 valence electrons. The van der Waals surface area contributed by atoms with Gasteiger partial charge in [-0.05, 0) is 37.1 Å². The van der Waals surface area contributed by atoms with Gasteiger partial charge in [-0.1, -0.05) is 31.0 Å². The Morgan fingerprint density at radius 1 is 1.35 bits per heavy atom. The minimum absolute atomic E-state index is 0.00123. The van der Waals surface area contributed by atoms with Crippen LogP contribution < -0.4 is 4.74 Å². The molecule has 1 aromatic rings. The van der Waals surface area contributed by atoms with Crippen LogP contribution in [0.15, 0.2) is 29.8 Å². The fourth-order valence-electron chi connectivity index (χ4n) is 1.54. The number of hydrogen-bond acceptors (Lipinski definition) is 2. The molecule has 1 rings (SSSR count). The SMILES string of the molecule is CCC(=CC(=O)c1ccc(Cl)c(OC)c1)CC. The average Bonchev–Trinajstić information content (AvgIpc) is 2.36. The molecule has 0 aromatic heterocycles. The largest absolute Gasteiger partial charge is 0.495 e. The summed E-state index contributed by atoms with van der Waals surface area (Å²) in [7, 11) is 1.54. The Morgan fingerprint density at radius 3 is 2.53 bits per heavy atom. The molecule has 0 spiro atoms. The number of rotatable bonds is 5. The first-order valence-corrected chi connectivity index (χ1v) is 6.07. The molecule has 0 fully saturated rings. The normalized spacial score (nSPS) is 9.88. The van der Waals surface area contributed by atoms with Crippen molar-refractivity contribution in [1.29, 1.82) is 0 Å². The van der Waals surface area contributed by atoms with Gasteiger partial charge in [-0.15, -0.1) is 0 Å². The van der Waals surface area contributed by atoms with E-state index in [2.05, 4.69) is 0 Å². The lowest BCUT2D eigenvalue weighted by Gasteiger charge is -2.05. The van der Waals surface area contributed by atoms with Crippen molar-refractivity contribution in [3.8, 4) is 5.75 Å². The number of carbonyl (C=O) groups is 1. The van der Waals surface area contributed by atoms with E-state index in [-0.39, 0.29) is 5.78 Å². The first-order chi connectivity index (χ1) is 8.12. The Morgan fingerprint density at radius 2 is 2.00 bits per heavy atom. The molecule has 0 bridgehead atoms. The van der Waals surface area contributed by atoms with Crippen LogP contribution in [0.4, 0.5) is 0 Å². The second kappa shape index (κ2) is 6.45. The number of carbonyl (C=O) groups excluding carboxylic acids is 1. The van der Waals surface area contributed by atoms with Crippen LogP contribution in [0.2, 0.25) is 5.02 Å². The maximum atomic E-state index is 12.0. The standard InChI is InChI=1S/C14H17ClO2/c1-4-10(5-2)8-13(16)11-6-7-12(15)14(9-11)17-3/h6-9H,4-5H2,1-3H3. The van der Waals surface area contributed by atoms with E-state index in [0.717, 1.165) is 18.4 Å². The highest BCUT2D eigenvalue weighted by atomic mass is 35.5. The number of ether oxygens (including phenoxy) is 1. The lowest BCUT2D eigenvalue weighted by Crippen LogP contribution is -1.97. The van der Waals surface area contributed by atoms with Crippen molar-refractivity contribution in [3.63, 3.8) is 0 Å². The summed E-state index contributed by atoms with van der Waals surface area (Å²) < 4.78 is 5.09. The zero-order valence-corrected chi connectivity index (χ0v) is 11.2. The van der Waals surface area contributed by atoms with E-state index in [0.29, 0.717) is 16.3 Å². The number of allylic oxidation sites excluding steroid dienone is 2. The minimum atomic E-state index is -0.00123. The summed E-state index contributed by atoms with van der Waals surface area (Å²) in [6.45, 7) is 4.09. The second-order valence-electron chi connectivity index (χ2n) is 3.72. The lowest BCUT2D eigenvalue weighted by atomic mass is 10.0. The Hall–Kier alpha value is -1.28. The molecule has 0 atom stereocenters. The number of hydrogen-bond donors (Lipinski definition) is 0. The topological polar surface area (TPSA) is 26.3 Å². The predicted molar refractivity (Wildman–Crippen MR) is 71.0 cm³/mol. The molecule has 0 unspecified atom stereocenters. The first kappa shape index (κ1) is 13.8. The summed E-state index contributed by atoms with van der Waals surface area (Å²) in [5.74, 6) is 0.527. The molecule has 0 heterocycles. The van der Waals surface area contributed by atoms with Gasteiger partial charge in [0.2, 0.25) is 0 Å². The highest BCUT2D eigenvalue weighted by molar-refractivity contribution is 6.32. The second-order valence-corrected chi connectivity index (χ2v) is 4.13. The van der Waals surface area contributed by atoms with Gasteiger partial charge < -0.3 is 4.74 Å². The third kappa shape index (κ3) is 3.60. The van der Waals surface area contributed by atoms with Crippen LogP contribution >= 0.6 is 11.6 Å². The highest BCUT2D eigenvalue weighted by Gasteiger charge is 2.07. The van der Waals surface area contributed by atoms with Gasteiger partial charge in [0, 0.05) is 5.56 Å². The van der Waals surface area contributed by atoms with Gasteiger partial charge in [0.25, 0.3) is 0 Å². The Kier molecular flexibility index (Phi) is 5.23. The molecule has 17 heavy (non-hydrogen) atoms. The quantitative estimate of drug-likeness (QED) is 0.578. The molecule has 0 saturated heterocycles. The number of benzene rings is 1. The first-order valence-electron chi connectivity index (χ1n) is 5.69. The van der Waals surface area contributed by atoms with Crippen LogP contribution in [-0.4, -0.2) is 12.9 Å². The van der Waals surface area contributed by atoms with E-state index >= 15 is 0 Å². The van der Waals surface area contributed by atoms with Crippen LogP contribution in [0, 0.1) is 0 Å². The maximum Gasteiger partial charge on any atom is 0.185 e. The fraction of sp³-hybridized carbons (Fsp3) is 0.357. The smallest absolute Gasteiger partial charge is 0.185 e. The Labute approximate surface area is 107 Å². The van der Waals surface area contributed by atoms with Crippen molar-refractivity contribution in [2.24, 2.45) is 0 Å². The van der Waals surface area contributed by atoms with Gasteiger partial charge in [0.1, 0.15) is 5.75 Å². The summed E-state index contributed by atoms with van der Waals surface area (Å²) in [5, 5.41) is 0.513. The third-order valence-electron chi connectivity index (χ3n) is 2.68. The molecule has 0 saturated carbocycles. The highest BCUT2D eigenvalue weighted by Crippen LogP contribution is 2.25. The van der Waals surface area contributed by atoms with Gasteiger partial charge in [0.05, 0.1) is 12.1 Å². The van der Waals surface area contributed by atoms with Crippen LogP contribution in [0.1, 0.15) is 37.0 Å². The average molecular weight is 253 g/mol. The van der Waals surface area contributed by atoms with Crippen LogP contribution in [0.5, 0.6) is 5.75 Å². The molecular weight excluding hydrogens is 236 g/mol. The minimum Gasteiger partial charge on any atom is -0.495 e. The molecular formula is C14H17ClO2. The molecule has 3 heteroatoms. The van der Waals surface area contributed by atoms with Gasteiger partial charge in [-0.25, -0.2) is 0 Å². The van der Waals surface area contributed by atoms with Crippen molar-refractivity contribution in [1.82, 2.24) is 0 Å². The van der Waals surface area contributed by atoms with E-state index in [1.807, 2.05) is 13.8 Å². The zero-order chi connectivity index (χ0) is 12.8. The summed E-state index contributed by atoms with van der Waals surface area (Å²) in [6.07, 6.45) is 3.49. The maximum absolute atomic E-state index is 12.0. The van der Waals surface area contributed by atoms with Gasteiger partial charge >= 0.3 is 0 Å². The summed E-state index contributed by atoms with van der Waals surface area (Å²) in [4.78, 5) is 12.0. The third-order valence-corrected chi connectivity index (χ3v) is 2.99. The molecule has 0 N–H and O–H groups in total. The van der Waals surface area contributed by atoms with Crippen molar-refractivity contribution in [2.75, 3.05) is 7.11 Å². The molecule has 2 nitrogen and oxygen atoms in total. The van der Waals surface area contributed by atoms with Crippen molar-refractivity contribution >= 4 is 17.4 Å². The fourth-order valence-corrected chi connectivity index (χ4v) is 1.73. The number of halogens is 1. The Bertz CT molecular complexity index is 430. The summed E-state index contributed by atoms with van der Waals surface area (Å²) >= 11 is 5.91. The van der Waals surface area contributed by atoms with Crippen molar-refractivity contribution in [3.05, 3.63) is 40.4 Å². The molecule has 1 aromatic carbocycles. The van der Waals surface area contributed by atoms with Crippen LogP contribution in [0.25, 0.3) is 0 Å². The van der Waals surface area contributed by atoms with Gasteiger partial charge in [-0.3, -0.25) is 4.79 Å².